The molecule has 0 bridgehead atoms. The Morgan fingerprint density at radius 3 is 1.68 bits per heavy atom. The Labute approximate surface area is 228 Å². The molecule has 37 heavy (non-hydrogen) atoms. The summed E-state index contributed by atoms with van der Waals surface area (Å²) in [5.41, 5.74) is 0.640. The van der Waals surface area contributed by atoms with Gasteiger partial charge in [0.25, 0.3) is 11.8 Å². The van der Waals surface area contributed by atoms with Gasteiger partial charge in [0.2, 0.25) is 10.9 Å². The fraction of sp³-hybridized carbons (Fsp3) is 0.407. The van der Waals surface area contributed by atoms with Gasteiger partial charge in [0.15, 0.2) is 0 Å². The number of H-pyrrole nitrogens is 2. The fourth-order valence-corrected chi connectivity index (χ4v) is 4.06. The van der Waals surface area contributed by atoms with Gasteiger partial charge in [-0.2, -0.15) is 0 Å². The van der Waals surface area contributed by atoms with Crippen LogP contribution in [-0.4, -0.2) is 35.9 Å². The highest BCUT2D eigenvalue weighted by molar-refractivity contribution is 7.17. The number of rotatable bonds is 2. The van der Waals surface area contributed by atoms with E-state index in [2.05, 4.69) is 20.6 Å². The van der Waals surface area contributed by atoms with Crippen LogP contribution in [0.25, 0.3) is 20.4 Å². The summed E-state index contributed by atoms with van der Waals surface area (Å²) in [5.74, 6) is -0.721. The summed E-state index contributed by atoms with van der Waals surface area (Å²) < 4.78 is 0.589. The van der Waals surface area contributed by atoms with Crippen LogP contribution in [0.3, 0.4) is 0 Å². The maximum absolute atomic E-state index is 11.7. The van der Waals surface area contributed by atoms with Gasteiger partial charge in [-0.15, -0.1) is 22.7 Å². The summed E-state index contributed by atoms with van der Waals surface area (Å²) in [4.78, 5) is 52.6. The molecule has 10 heteroatoms. The zero-order valence-corrected chi connectivity index (χ0v) is 24.5. The van der Waals surface area contributed by atoms with Crippen LogP contribution in [0.5, 0.6) is 0 Å². The second kappa shape index (κ2) is 22.0. The van der Waals surface area contributed by atoms with Crippen molar-refractivity contribution in [3.63, 3.8) is 0 Å². The fourth-order valence-electron chi connectivity index (χ4n) is 2.49. The highest BCUT2D eigenvalue weighted by Gasteiger charge is 2.12. The minimum Gasteiger partial charge on any atom is -0.359 e. The smallest absolute Gasteiger partial charge is 0.256 e. The van der Waals surface area contributed by atoms with Crippen LogP contribution in [0, 0.1) is 0 Å². The molecule has 0 saturated heterocycles. The monoisotopic (exact) mass is 552 g/mol. The van der Waals surface area contributed by atoms with Gasteiger partial charge in [-0.3, -0.25) is 19.2 Å². The van der Waals surface area contributed by atoms with Gasteiger partial charge in [-0.1, -0.05) is 62.8 Å². The average Bonchev–Trinajstić information content (AvgIpc) is 3.64. The number of amides is 2. The first-order valence-corrected chi connectivity index (χ1v) is 13.9. The molecule has 0 fully saturated rings. The van der Waals surface area contributed by atoms with E-state index in [-0.39, 0.29) is 41.2 Å². The van der Waals surface area contributed by atoms with Gasteiger partial charge >= 0.3 is 0 Å². The Hall–Kier alpha value is -3.24. The number of aromatic amines is 2. The molecule has 0 aliphatic carbocycles. The summed E-state index contributed by atoms with van der Waals surface area (Å²) in [6.45, 7) is 16.0. The second-order valence-corrected chi connectivity index (χ2v) is 7.38. The number of carbonyl (C=O) groups excluding carboxylic acids is 2. The van der Waals surface area contributed by atoms with E-state index in [9.17, 15) is 19.2 Å². The summed E-state index contributed by atoms with van der Waals surface area (Å²) in [7, 11) is 3.00. The summed E-state index contributed by atoms with van der Waals surface area (Å²) >= 11 is 2.77. The van der Waals surface area contributed by atoms with Crippen molar-refractivity contribution in [3.8, 4) is 0 Å². The summed E-state index contributed by atoms with van der Waals surface area (Å²) in [5, 5.41) is 9.05. The van der Waals surface area contributed by atoms with Crippen LogP contribution in [0.2, 0.25) is 0 Å². The lowest BCUT2D eigenvalue weighted by molar-refractivity contribution is 0.0954. The SMILES string of the molecule is C.CC.CC.CC.CC.CNC(=O)c1c[nH]c2ccsc2c1=O.CNC(=O)c1c[nH]c2sccc2c1=O. The molecule has 208 valence electrons. The molecule has 0 atom stereocenters. The van der Waals surface area contributed by atoms with Crippen molar-refractivity contribution in [1.29, 1.82) is 0 Å². The number of fused-ring (bicyclic) bond motifs is 2. The van der Waals surface area contributed by atoms with E-state index in [1.54, 1.807) is 6.07 Å². The van der Waals surface area contributed by atoms with Crippen molar-refractivity contribution in [2.45, 2.75) is 62.8 Å². The van der Waals surface area contributed by atoms with Crippen molar-refractivity contribution in [3.05, 3.63) is 66.9 Å². The van der Waals surface area contributed by atoms with E-state index in [1.165, 1.54) is 49.2 Å². The molecule has 0 aliphatic heterocycles. The standard InChI is InChI=1S/2C9H8N2O2S.4C2H6.CH4/c1-10-9(13)5-4-11-6-2-3-14-8(6)7(5)12;1-10-8(13)6-4-11-9-5(7(6)12)2-3-14-9;4*1-2;/h2*2-4H,1H3,(H,10,13)(H,11,12);4*1-2H3;1H4. The molecule has 0 aliphatic rings. The number of thiophene rings is 2. The van der Waals surface area contributed by atoms with Crippen molar-refractivity contribution in [2.75, 3.05) is 14.1 Å². The van der Waals surface area contributed by atoms with Crippen molar-refractivity contribution in [1.82, 2.24) is 20.6 Å². The predicted octanol–water partition coefficient (Wildman–Crippen LogP) is 6.64. The normalized spacial score (nSPS) is 8.49. The Morgan fingerprint density at radius 2 is 1.16 bits per heavy atom. The first-order chi connectivity index (χ1) is 17.5. The molecule has 4 rings (SSSR count). The van der Waals surface area contributed by atoms with Gasteiger partial charge in [0.1, 0.15) is 16.0 Å². The second-order valence-electron chi connectivity index (χ2n) is 5.55. The third-order valence-electron chi connectivity index (χ3n) is 3.93. The quantitative estimate of drug-likeness (QED) is 0.222. The molecule has 0 radical (unpaired) electrons. The van der Waals surface area contributed by atoms with E-state index >= 15 is 0 Å². The molecule has 4 aromatic rings. The van der Waals surface area contributed by atoms with Crippen LogP contribution in [0.15, 0.2) is 44.9 Å². The Kier molecular flexibility index (Phi) is 22.8. The summed E-state index contributed by atoms with van der Waals surface area (Å²) in [6, 6.07) is 3.53. The summed E-state index contributed by atoms with van der Waals surface area (Å²) in [6.07, 6.45) is 2.89. The van der Waals surface area contributed by atoms with E-state index in [0.717, 1.165) is 10.3 Å². The van der Waals surface area contributed by atoms with E-state index in [4.69, 9.17) is 0 Å². The average molecular weight is 553 g/mol. The third-order valence-corrected chi connectivity index (χ3v) is 5.69. The molecule has 4 heterocycles. The zero-order valence-electron chi connectivity index (χ0n) is 22.9. The molecule has 2 amide bonds. The maximum atomic E-state index is 11.7. The van der Waals surface area contributed by atoms with Gasteiger partial charge in [0, 0.05) is 26.5 Å². The molecule has 0 unspecified atom stereocenters. The lowest BCUT2D eigenvalue weighted by Crippen LogP contribution is -2.25. The van der Waals surface area contributed by atoms with E-state index in [0.29, 0.717) is 10.1 Å². The topological polar surface area (TPSA) is 124 Å². The van der Waals surface area contributed by atoms with E-state index in [1.807, 2.05) is 72.2 Å². The van der Waals surface area contributed by atoms with Crippen molar-refractivity contribution >= 4 is 54.9 Å². The lowest BCUT2D eigenvalue weighted by atomic mass is 10.2. The Morgan fingerprint density at radius 1 is 0.703 bits per heavy atom. The highest BCUT2D eigenvalue weighted by atomic mass is 32.1. The zero-order chi connectivity index (χ0) is 28.3. The predicted molar refractivity (Wildman–Crippen MR) is 164 cm³/mol. The van der Waals surface area contributed by atoms with Crippen molar-refractivity contribution in [2.24, 2.45) is 0 Å². The molecule has 0 aromatic carbocycles. The first kappa shape index (κ1) is 38.3. The Bertz CT molecular complexity index is 1190. The number of carbonyl (C=O) groups is 2. The minimum atomic E-state index is -0.362. The molecular weight excluding hydrogens is 508 g/mol. The van der Waals surface area contributed by atoms with Crippen LogP contribution < -0.4 is 21.5 Å². The molecular formula is C27H44N4O4S2. The van der Waals surface area contributed by atoms with Crippen molar-refractivity contribution < 1.29 is 9.59 Å². The minimum absolute atomic E-state index is 0. The number of hydrogen-bond acceptors (Lipinski definition) is 6. The van der Waals surface area contributed by atoms with Crippen LogP contribution in [-0.2, 0) is 0 Å². The largest absolute Gasteiger partial charge is 0.359 e. The molecule has 0 spiro atoms. The van der Waals surface area contributed by atoms with Gasteiger partial charge in [-0.25, -0.2) is 0 Å². The first-order valence-electron chi connectivity index (χ1n) is 12.1. The molecule has 4 aromatic heterocycles. The molecule has 4 N–H and O–H groups in total. The molecule has 0 saturated carbocycles. The van der Waals surface area contributed by atoms with Crippen LogP contribution >= 0.6 is 22.7 Å². The van der Waals surface area contributed by atoms with Gasteiger partial charge in [0.05, 0.1) is 15.6 Å². The highest BCUT2D eigenvalue weighted by Crippen LogP contribution is 2.15. The number of pyridine rings is 2. The number of aromatic nitrogens is 2. The van der Waals surface area contributed by atoms with Gasteiger partial charge in [-0.05, 0) is 22.9 Å². The molecule has 8 nitrogen and oxygen atoms in total. The van der Waals surface area contributed by atoms with Gasteiger partial charge < -0.3 is 20.6 Å². The third kappa shape index (κ3) is 10.3. The number of hydrogen-bond donors (Lipinski definition) is 4. The van der Waals surface area contributed by atoms with Crippen LogP contribution in [0.1, 0.15) is 83.5 Å². The number of nitrogens with one attached hydrogen (secondary N) is 4. The van der Waals surface area contributed by atoms with E-state index < -0.39 is 0 Å². The lowest BCUT2D eigenvalue weighted by Gasteiger charge is -1.98. The maximum Gasteiger partial charge on any atom is 0.256 e. The Balaban J connectivity index is -0.000000482. The van der Waals surface area contributed by atoms with Crippen LogP contribution in [0.4, 0.5) is 0 Å².